The monoisotopic (exact) mass is 358 g/mol. The third-order valence-electron chi connectivity index (χ3n) is 4.29. The number of hydrogen-bond donors (Lipinski definition) is 1. The second-order valence-corrected chi connectivity index (χ2v) is 7.28. The first-order valence-electron chi connectivity index (χ1n) is 8.40. The van der Waals surface area contributed by atoms with Crippen molar-refractivity contribution in [2.45, 2.75) is 38.7 Å². The van der Waals surface area contributed by atoms with E-state index in [1.165, 1.54) is 7.11 Å². The summed E-state index contributed by atoms with van der Waals surface area (Å²) < 4.78 is 16.0. The van der Waals surface area contributed by atoms with Crippen LogP contribution in [0.2, 0.25) is 0 Å². The van der Waals surface area contributed by atoms with Crippen molar-refractivity contribution in [3.63, 3.8) is 0 Å². The summed E-state index contributed by atoms with van der Waals surface area (Å²) in [5.41, 5.74) is 0.444. The van der Waals surface area contributed by atoms with Gasteiger partial charge in [0, 0.05) is 17.0 Å². The second-order valence-electron chi connectivity index (χ2n) is 7.28. The minimum atomic E-state index is -0.701. The standard InChI is InChI=1S/C19H22N2O5/c1-19(2,3)14-10-15(21-26-14)20-18(23)12-9-16(22)25-17(12)11-7-5-6-8-13(11)24-4/h5-8,10,12,17H,9H2,1-4H3,(H,20,21,23)/t12-,17?/m1/s1. The summed E-state index contributed by atoms with van der Waals surface area (Å²) in [5.74, 6) is 0.109. The molecule has 7 heteroatoms. The van der Waals surface area contributed by atoms with Gasteiger partial charge in [0.2, 0.25) is 5.91 Å². The Labute approximate surface area is 151 Å². The zero-order valence-electron chi connectivity index (χ0n) is 15.2. The summed E-state index contributed by atoms with van der Waals surface area (Å²) >= 11 is 0. The lowest BCUT2D eigenvalue weighted by atomic mass is 9.93. The van der Waals surface area contributed by atoms with Gasteiger partial charge in [-0.2, -0.15) is 0 Å². The minimum absolute atomic E-state index is 0.00146. The van der Waals surface area contributed by atoms with Crippen molar-refractivity contribution < 1.29 is 23.6 Å². The smallest absolute Gasteiger partial charge is 0.307 e. The minimum Gasteiger partial charge on any atom is -0.496 e. The molecule has 2 atom stereocenters. The molecular weight excluding hydrogens is 336 g/mol. The highest BCUT2D eigenvalue weighted by Gasteiger charge is 2.42. The number of benzene rings is 1. The third kappa shape index (κ3) is 3.56. The Balaban J connectivity index is 1.81. The van der Waals surface area contributed by atoms with Gasteiger partial charge in [-0.15, -0.1) is 0 Å². The molecule has 1 amide bonds. The zero-order chi connectivity index (χ0) is 18.9. The molecule has 1 aromatic carbocycles. The Hall–Kier alpha value is -2.83. The van der Waals surface area contributed by atoms with E-state index in [4.69, 9.17) is 14.0 Å². The van der Waals surface area contributed by atoms with Crippen LogP contribution < -0.4 is 10.1 Å². The average molecular weight is 358 g/mol. The number of methoxy groups -OCH3 is 1. The summed E-state index contributed by atoms with van der Waals surface area (Å²) in [6.45, 7) is 5.96. The number of rotatable bonds is 4. The highest BCUT2D eigenvalue weighted by atomic mass is 16.6. The normalized spacial score (nSPS) is 19.9. The van der Waals surface area contributed by atoms with Crippen LogP contribution in [0.4, 0.5) is 5.82 Å². The van der Waals surface area contributed by atoms with Gasteiger partial charge in [0.25, 0.3) is 0 Å². The highest BCUT2D eigenvalue weighted by Crippen LogP contribution is 2.40. The van der Waals surface area contributed by atoms with Crippen LogP contribution in [0.5, 0.6) is 5.75 Å². The first-order chi connectivity index (χ1) is 12.3. The molecule has 2 heterocycles. The average Bonchev–Trinajstić information content (AvgIpc) is 3.21. The van der Waals surface area contributed by atoms with E-state index in [9.17, 15) is 9.59 Å². The summed E-state index contributed by atoms with van der Waals surface area (Å²) in [4.78, 5) is 24.6. The maximum absolute atomic E-state index is 12.7. The number of carbonyl (C=O) groups is 2. The van der Waals surface area contributed by atoms with Crippen LogP contribution in [0.3, 0.4) is 0 Å². The van der Waals surface area contributed by atoms with E-state index < -0.39 is 18.0 Å². The van der Waals surface area contributed by atoms with Crippen LogP contribution in [-0.2, 0) is 19.7 Å². The van der Waals surface area contributed by atoms with Gasteiger partial charge in [0.05, 0.1) is 19.4 Å². The number of amides is 1. The van der Waals surface area contributed by atoms with Crippen LogP contribution in [0.1, 0.15) is 44.6 Å². The maximum Gasteiger partial charge on any atom is 0.307 e. The molecule has 0 radical (unpaired) electrons. The lowest BCUT2D eigenvalue weighted by molar-refractivity contribution is -0.141. The first-order valence-corrected chi connectivity index (χ1v) is 8.40. The van der Waals surface area contributed by atoms with Crippen molar-refractivity contribution in [1.82, 2.24) is 5.16 Å². The van der Waals surface area contributed by atoms with Crippen molar-refractivity contribution in [2.24, 2.45) is 5.92 Å². The molecule has 2 aromatic rings. The van der Waals surface area contributed by atoms with E-state index >= 15 is 0 Å². The SMILES string of the molecule is COc1ccccc1C1OC(=O)C[C@H]1C(=O)Nc1cc(C(C)(C)C)on1. The fourth-order valence-corrected chi connectivity index (χ4v) is 2.88. The zero-order valence-corrected chi connectivity index (χ0v) is 15.2. The van der Waals surface area contributed by atoms with Gasteiger partial charge in [-0.25, -0.2) is 0 Å². The molecule has 0 saturated carbocycles. The van der Waals surface area contributed by atoms with Crippen LogP contribution in [0.15, 0.2) is 34.9 Å². The number of carbonyl (C=O) groups excluding carboxylic acids is 2. The largest absolute Gasteiger partial charge is 0.496 e. The van der Waals surface area contributed by atoms with E-state index in [0.29, 0.717) is 22.9 Å². The van der Waals surface area contributed by atoms with Crippen molar-refractivity contribution in [3.05, 3.63) is 41.7 Å². The summed E-state index contributed by atoms with van der Waals surface area (Å²) in [6.07, 6.45) is -0.703. The Morgan fingerprint density at radius 1 is 1.31 bits per heavy atom. The molecule has 1 unspecified atom stereocenters. The molecule has 138 valence electrons. The van der Waals surface area contributed by atoms with E-state index in [-0.39, 0.29) is 17.7 Å². The van der Waals surface area contributed by atoms with Crippen LogP contribution in [-0.4, -0.2) is 24.1 Å². The second kappa shape index (κ2) is 6.82. The Kier molecular flexibility index (Phi) is 4.71. The number of para-hydroxylation sites is 1. The van der Waals surface area contributed by atoms with Gasteiger partial charge in [-0.05, 0) is 6.07 Å². The molecule has 7 nitrogen and oxygen atoms in total. The number of nitrogens with one attached hydrogen (secondary N) is 1. The Morgan fingerprint density at radius 2 is 2.04 bits per heavy atom. The van der Waals surface area contributed by atoms with E-state index in [2.05, 4.69) is 10.5 Å². The molecule has 0 spiro atoms. The van der Waals surface area contributed by atoms with Crippen molar-refractivity contribution in [3.8, 4) is 5.75 Å². The van der Waals surface area contributed by atoms with Gasteiger partial charge in [-0.1, -0.05) is 44.1 Å². The third-order valence-corrected chi connectivity index (χ3v) is 4.29. The summed E-state index contributed by atoms with van der Waals surface area (Å²) in [5, 5.41) is 6.60. The first kappa shape index (κ1) is 18.0. The summed E-state index contributed by atoms with van der Waals surface area (Å²) in [6, 6.07) is 8.87. The predicted molar refractivity (Wildman–Crippen MR) is 93.8 cm³/mol. The number of cyclic esters (lactones) is 1. The number of ether oxygens (including phenoxy) is 2. The van der Waals surface area contributed by atoms with Crippen molar-refractivity contribution in [1.29, 1.82) is 0 Å². The molecule has 3 rings (SSSR count). The van der Waals surface area contributed by atoms with E-state index in [1.54, 1.807) is 18.2 Å². The number of anilines is 1. The quantitative estimate of drug-likeness (QED) is 0.844. The predicted octanol–water partition coefficient (Wildman–Crippen LogP) is 3.22. The number of nitrogens with zero attached hydrogens (tertiary/aromatic N) is 1. The molecule has 26 heavy (non-hydrogen) atoms. The fourth-order valence-electron chi connectivity index (χ4n) is 2.88. The van der Waals surface area contributed by atoms with Crippen molar-refractivity contribution >= 4 is 17.7 Å². The molecular formula is C19H22N2O5. The van der Waals surface area contributed by atoms with Crippen molar-refractivity contribution in [2.75, 3.05) is 12.4 Å². The lowest BCUT2D eigenvalue weighted by Crippen LogP contribution is -2.25. The number of aromatic nitrogens is 1. The fraction of sp³-hybridized carbons (Fsp3) is 0.421. The van der Waals surface area contributed by atoms with Crippen LogP contribution >= 0.6 is 0 Å². The van der Waals surface area contributed by atoms with Crippen LogP contribution in [0.25, 0.3) is 0 Å². The number of esters is 1. The topological polar surface area (TPSA) is 90.7 Å². The lowest BCUT2D eigenvalue weighted by Gasteiger charge is -2.19. The molecule has 0 bridgehead atoms. The van der Waals surface area contributed by atoms with E-state index in [0.717, 1.165) is 0 Å². The van der Waals surface area contributed by atoms with Crippen LogP contribution in [0, 0.1) is 5.92 Å². The van der Waals surface area contributed by atoms with Gasteiger partial charge >= 0.3 is 5.97 Å². The molecule has 1 saturated heterocycles. The van der Waals surface area contributed by atoms with E-state index in [1.807, 2.05) is 32.9 Å². The molecule has 1 aliphatic rings. The van der Waals surface area contributed by atoms with Gasteiger partial charge < -0.3 is 19.3 Å². The Morgan fingerprint density at radius 3 is 2.69 bits per heavy atom. The highest BCUT2D eigenvalue weighted by molar-refractivity contribution is 5.95. The Bertz CT molecular complexity index is 821. The molecule has 1 aromatic heterocycles. The van der Waals surface area contributed by atoms with Gasteiger partial charge in [0.1, 0.15) is 17.6 Å². The van der Waals surface area contributed by atoms with Gasteiger partial charge in [0.15, 0.2) is 5.82 Å². The maximum atomic E-state index is 12.7. The molecule has 0 aliphatic carbocycles. The molecule has 1 fully saturated rings. The molecule has 1 N–H and O–H groups in total. The summed E-state index contributed by atoms with van der Waals surface area (Å²) in [7, 11) is 1.54. The molecule has 1 aliphatic heterocycles. The number of hydrogen-bond acceptors (Lipinski definition) is 6. The van der Waals surface area contributed by atoms with Gasteiger partial charge in [-0.3, -0.25) is 9.59 Å².